The highest BCUT2D eigenvalue weighted by molar-refractivity contribution is 6.42. The van der Waals surface area contributed by atoms with Gasteiger partial charge in [0.05, 0.1) is 0 Å². The average Bonchev–Trinajstić information content (AvgIpc) is 2.27. The standard InChI is InChI=1S/C15H24F2Si/c1-11(2)14(10-18(16)17)9-13-7-5-6-8-15(13)12(3)4/h5-8,11-12,14,18H,9-10H2,1-4H3. The van der Waals surface area contributed by atoms with Crippen molar-refractivity contribution in [1.82, 2.24) is 0 Å². The lowest BCUT2D eigenvalue weighted by atomic mass is 9.86. The first kappa shape index (κ1) is 15.4. The maximum atomic E-state index is 12.7. The molecule has 0 amide bonds. The Kier molecular flexibility index (Phi) is 5.99. The normalized spacial score (nSPS) is 13.6. The fraction of sp³-hybridized carbons (Fsp3) is 0.600. The molecule has 0 aliphatic heterocycles. The lowest BCUT2D eigenvalue weighted by Crippen LogP contribution is -2.17. The minimum atomic E-state index is -3.47. The van der Waals surface area contributed by atoms with E-state index in [0.29, 0.717) is 11.8 Å². The van der Waals surface area contributed by atoms with Crippen LogP contribution < -0.4 is 0 Å². The molecule has 1 aromatic carbocycles. The van der Waals surface area contributed by atoms with E-state index < -0.39 is 9.46 Å². The quantitative estimate of drug-likeness (QED) is 0.515. The van der Waals surface area contributed by atoms with Crippen molar-refractivity contribution in [3.63, 3.8) is 0 Å². The van der Waals surface area contributed by atoms with E-state index in [9.17, 15) is 8.22 Å². The van der Waals surface area contributed by atoms with Crippen molar-refractivity contribution in [2.24, 2.45) is 11.8 Å². The Balaban J connectivity index is 2.86. The number of rotatable bonds is 6. The van der Waals surface area contributed by atoms with Gasteiger partial charge in [-0.2, -0.15) is 0 Å². The zero-order valence-electron chi connectivity index (χ0n) is 11.8. The molecule has 0 aliphatic rings. The molecule has 0 aromatic heterocycles. The molecule has 3 heteroatoms. The van der Waals surface area contributed by atoms with Crippen LogP contribution >= 0.6 is 0 Å². The van der Waals surface area contributed by atoms with Gasteiger partial charge in [0, 0.05) is 0 Å². The highest BCUT2D eigenvalue weighted by atomic mass is 28.4. The molecular formula is C15H24F2Si. The van der Waals surface area contributed by atoms with E-state index in [1.54, 1.807) is 0 Å². The first-order valence-electron chi connectivity index (χ1n) is 6.77. The van der Waals surface area contributed by atoms with E-state index in [1.807, 2.05) is 12.1 Å². The summed E-state index contributed by atoms with van der Waals surface area (Å²) in [5, 5.41) is 0. The zero-order valence-corrected chi connectivity index (χ0v) is 12.9. The molecule has 18 heavy (non-hydrogen) atoms. The van der Waals surface area contributed by atoms with Crippen LogP contribution in [0.1, 0.15) is 44.7 Å². The van der Waals surface area contributed by atoms with Gasteiger partial charge in [0.2, 0.25) is 0 Å². The SMILES string of the molecule is CC(C)c1ccccc1CC(C[SiH](F)F)C(C)C. The molecule has 0 spiro atoms. The third kappa shape index (κ3) is 4.52. The zero-order chi connectivity index (χ0) is 13.7. The molecule has 0 bridgehead atoms. The smallest absolute Gasteiger partial charge is 0.275 e. The van der Waals surface area contributed by atoms with Crippen LogP contribution in [0.5, 0.6) is 0 Å². The van der Waals surface area contributed by atoms with Crippen LogP contribution in [0.4, 0.5) is 8.22 Å². The number of halogens is 2. The third-order valence-corrected chi connectivity index (χ3v) is 4.54. The predicted molar refractivity (Wildman–Crippen MR) is 76.7 cm³/mol. The van der Waals surface area contributed by atoms with E-state index in [4.69, 9.17) is 0 Å². The van der Waals surface area contributed by atoms with Crippen LogP contribution in [0.3, 0.4) is 0 Å². The highest BCUT2D eigenvalue weighted by Crippen LogP contribution is 2.27. The first-order chi connectivity index (χ1) is 8.41. The van der Waals surface area contributed by atoms with E-state index in [2.05, 4.69) is 39.8 Å². The summed E-state index contributed by atoms with van der Waals surface area (Å²) in [6, 6.07) is 8.41. The molecule has 0 N–H and O–H groups in total. The molecule has 0 saturated heterocycles. The maximum Gasteiger partial charge on any atom is 0.411 e. The van der Waals surface area contributed by atoms with Crippen LogP contribution in [-0.4, -0.2) is 9.46 Å². The largest absolute Gasteiger partial charge is 0.411 e. The topological polar surface area (TPSA) is 0 Å². The summed E-state index contributed by atoms with van der Waals surface area (Å²) in [5.41, 5.74) is 2.56. The summed E-state index contributed by atoms with van der Waals surface area (Å²) in [6.45, 7) is 8.43. The molecule has 0 radical (unpaired) electrons. The molecule has 1 atom stereocenters. The minimum Gasteiger partial charge on any atom is -0.275 e. The van der Waals surface area contributed by atoms with Crippen molar-refractivity contribution in [3.8, 4) is 0 Å². The van der Waals surface area contributed by atoms with E-state index in [-0.39, 0.29) is 12.0 Å². The molecule has 0 fully saturated rings. The van der Waals surface area contributed by atoms with Crippen molar-refractivity contribution in [3.05, 3.63) is 35.4 Å². The molecule has 102 valence electrons. The second-order valence-electron chi connectivity index (χ2n) is 5.69. The molecule has 1 unspecified atom stereocenters. The monoisotopic (exact) mass is 270 g/mol. The Morgan fingerprint density at radius 3 is 2.17 bits per heavy atom. The van der Waals surface area contributed by atoms with Gasteiger partial charge in [-0.05, 0) is 41.3 Å². The minimum absolute atomic E-state index is 0.122. The second kappa shape index (κ2) is 7.03. The van der Waals surface area contributed by atoms with Gasteiger partial charge in [0.1, 0.15) is 0 Å². The van der Waals surface area contributed by atoms with E-state index >= 15 is 0 Å². The van der Waals surface area contributed by atoms with Crippen LogP contribution in [0.2, 0.25) is 6.04 Å². The van der Waals surface area contributed by atoms with Gasteiger partial charge >= 0.3 is 9.46 Å². The Bertz CT molecular complexity index is 361. The van der Waals surface area contributed by atoms with Crippen molar-refractivity contribution < 1.29 is 8.22 Å². The van der Waals surface area contributed by atoms with Crippen molar-refractivity contribution in [2.45, 2.75) is 46.1 Å². The number of hydrogen-bond donors (Lipinski definition) is 0. The van der Waals surface area contributed by atoms with Gasteiger partial charge < -0.3 is 0 Å². The van der Waals surface area contributed by atoms with Gasteiger partial charge in [-0.15, -0.1) is 0 Å². The fourth-order valence-corrected chi connectivity index (χ4v) is 3.55. The maximum absolute atomic E-state index is 12.7. The molecular weight excluding hydrogens is 246 g/mol. The Hall–Kier alpha value is -0.703. The van der Waals surface area contributed by atoms with Crippen molar-refractivity contribution in [2.75, 3.05) is 0 Å². The van der Waals surface area contributed by atoms with Crippen molar-refractivity contribution in [1.29, 1.82) is 0 Å². The van der Waals surface area contributed by atoms with Crippen LogP contribution in [0.15, 0.2) is 24.3 Å². The second-order valence-corrected chi connectivity index (χ2v) is 6.94. The summed E-state index contributed by atoms with van der Waals surface area (Å²) in [4.78, 5) is 0. The molecule has 0 aliphatic carbocycles. The van der Waals surface area contributed by atoms with E-state index in [0.717, 1.165) is 6.42 Å². The Morgan fingerprint density at radius 2 is 1.67 bits per heavy atom. The summed E-state index contributed by atoms with van der Waals surface area (Å²) in [5.74, 6) is 0.904. The van der Waals surface area contributed by atoms with Gasteiger partial charge in [-0.25, -0.2) is 0 Å². The lowest BCUT2D eigenvalue weighted by molar-refractivity contribution is 0.398. The fourth-order valence-electron chi connectivity index (χ4n) is 2.39. The predicted octanol–water partition coefficient (Wildman–Crippen LogP) is 4.78. The lowest BCUT2D eigenvalue weighted by Gasteiger charge is -2.22. The highest BCUT2D eigenvalue weighted by Gasteiger charge is 2.22. The number of benzene rings is 1. The van der Waals surface area contributed by atoms with Crippen LogP contribution in [0.25, 0.3) is 0 Å². The summed E-state index contributed by atoms with van der Waals surface area (Å²) < 4.78 is 25.5. The van der Waals surface area contributed by atoms with Gasteiger partial charge in [-0.1, -0.05) is 52.0 Å². The number of hydrogen-bond acceptors (Lipinski definition) is 0. The summed E-state index contributed by atoms with van der Waals surface area (Å²) >= 11 is 0. The third-order valence-electron chi connectivity index (χ3n) is 3.58. The molecule has 0 nitrogen and oxygen atoms in total. The molecule has 0 heterocycles. The van der Waals surface area contributed by atoms with Gasteiger partial charge in [-0.3, -0.25) is 8.22 Å². The van der Waals surface area contributed by atoms with Gasteiger partial charge in [0.15, 0.2) is 0 Å². The first-order valence-corrected chi connectivity index (χ1v) is 8.46. The molecule has 1 aromatic rings. The Labute approximate surface area is 111 Å². The van der Waals surface area contributed by atoms with Crippen LogP contribution in [0, 0.1) is 11.8 Å². The average molecular weight is 270 g/mol. The van der Waals surface area contributed by atoms with Crippen molar-refractivity contribution >= 4 is 9.46 Å². The van der Waals surface area contributed by atoms with Gasteiger partial charge in [0.25, 0.3) is 0 Å². The summed E-state index contributed by atoms with van der Waals surface area (Å²) in [7, 11) is -3.47. The van der Waals surface area contributed by atoms with Crippen LogP contribution in [-0.2, 0) is 6.42 Å². The summed E-state index contributed by atoms with van der Waals surface area (Å²) in [6.07, 6.45) is 0.795. The Morgan fingerprint density at radius 1 is 1.06 bits per heavy atom. The molecule has 0 saturated carbocycles. The molecule has 1 rings (SSSR count). The van der Waals surface area contributed by atoms with E-state index in [1.165, 1.54) is 11.1 Å².